The number of carbonyl (C=O) groups is 1. The molecule has 2 saturated carbocycles. The summed E-state index contributed by atoms with van der Waals surface area (Å²) >= 11 is 0. The third-order valence-corrected chi connectivity index (χ3v) is 5.55. The van der Waals surface area contributed by atoms with Crippen molar-refractivity contribution < 1.29 is 14.3 Å². The van der Waals surface area contributed by atoms with Crippen LogP contribution in [0.15, 0.2) is 34.7 Å². The Morgan fingerprint density at radius 3 is 2.62 bits per heavy atom. The molecular weight excluding hydrogens is 328 g/mol. The fourth-order valence-electron chi connectivity index (χ4n) is 3.85. The zero-order chi connectivity index (χ0) is 17.9. The molecule has 26 heavy (non-hydrogen) atoms. The highest BCUT2D eigenvalue weighted by Crippen LogP contribution is 2.43. The van der Waals surface area contributed by atoms with E-state index in [1.807, 2.05) is 30.3 Å². The summed E-state index contributed by atoms with van der Waals surface area (Å²) in [6.45, 7) is 0.120. The molecule has 2 atom stereocenters. The van der Waals surface area contributed by atoms with Crippen molar-refractivity contribution >= 4 is 5.91 Å². The Morgan fingerprint density at radius 1 is 1.12 bits per heavy atom. The van der Waals surface area contributed by atoms with Gasteiger partial charge in [0.2, 0.25) is 5.89 Å². The molecule has 2 aliphatic carbocycles. The van der Waals surface area contributed by atoms with E-state index in [0.29, 0.717) is 17.5 Å². The van der Waals surface area contributed by atoms with Gasteiger partial charge in [-0.2, -0.15) is 0 Å². The number of nitrogens with one attached hydrogen (secondary N) is 1. The summed E-state index contributed by atoms with van der Waals surface area (Å²) in [6.07, 6.45) is 7.35. The van der Waals surface area contributed by atoms with Gasteiger partial charge in [0.1, 0.15) is 5.76 Å². The second-order valence-electron chi connectivity index (χ2n) is 7.53. The number of aliphatic hydroxyl groups excluding tert-OH is 1. The fraction of sp³-hybridized carbons (Fsp3) is 0.524. The molecule has 2 aliphatic rings. The summed E-state index contributed by atoms with van der Waals surface area (Å²) in [7, 11) is 0. The molecule has 1 aromatic heterocycles. The Labute approximate surface area is 153 Å². The normalized spacial score (nSPS) is 23.4. The lowest BCUT2D eigenvalue weighted by Crippen LogP contribution is -2.41. The van der Waals surface area contributed by atoms with E-state index >= 15 is 0 Å². The fourth-order valence-corrected chi connectivity index (χ4v) is 3.85. The van der Waals surface area contributed by atoms with Crippen molar-refractivity contribution in [3.05, 3.63) is 41.8 Å². The van der Waals surface area contributed by atoms with E-state index in [-0.39, 0.29) is 24.5 Å². The van der Waals surface area contributed by atoms with Gasteiger partial charge in [0, 0.05) is 30.0 Å². The van der Waals surface area contributed by atoms with Crippen LogP contribution in [0.2, 0.25) is 0 Å². The Morgan fingerprint density at radius 2 is 1.88 bits per heavy atom. The molecule has 5 heteroatoms. The van der Waals surface area contributed by atoms with Crippen molar-refractivity contribution in [3.8, 4) is 11.5 Å². The molecule has 0 spiro atoms. The summed E-state index contributed by atoms with van der Waals surface area (Å²) in [5, 5.41) is 12.8. The van der Waals surface area contributed by atoms with Crippen molar-refractivity contribution in [1.82, 2.24) is 10.3 Å². The maximum Gasteiger partial charge on any atom is 0.273 e. The van der Waals surface area contributed by atoms with E-state index < -0.39 is 0 Å². The first-order valence-electron chi connectivity index (χ1n) is 9.74. The first kappa shape index (κ1) is 17.3. The maximum atomic E-state index is 13.0. The van der Waals surface area contributed by atoms with Crippen LogP contribution < -0.4 is 5.32 Å². The van der Waals surface area contributed by atoms with Crippen LogP contribution >= 0.6 is 0 Å². The number of rotatable bonds is 5. The molecule has 138 valence electrons. The summed E-state index contributed by atoms with van der Waals surface area (Å²) < 4.78 is 5.99. The number of hydrogen-bond acceptors (Lipinski definition) is 4. The van der Waals surface area contributed by atoms with Crippen LogP contribution in [0.1, 0.15) is 67.1 Å². The first-order valence-corrected chi connectivity index (χ1v) is 9.74. The number of hydrogen-bond donors (Lipinski definition) is 2. The van der Waals surface area contributed by atoms with Crippen molar-refractivity contribution in [3.63, 3.8) is 0 Å². The van der Waals surface area contributed by atoms with Gasteiger partial charge < -0.3 is 14.8 Å². The summed E-state index contributed by atoms with van der Waals surface area (Å²) in [5.41, 5.74) is 1.31. The lowest BCUT2D eigenvalue weighted by molar-refractivity contribution is 0.0893. The molecule has 1 aromatic carbocycles. The van der Waals surface area contributed by atoms with Crippen LogP contribution in [0.5, 0.6) is 0 Å². The highest BCUT2D eigenvalue weighted by Gasteiger charge is 2.35. The molecule has 0 aliphatic heterocycles. The SMILES string of the molecule is O=C(N[C@H]1CCCCC[C@@H]1CO)c1nc(-c2ccccc2)oc1C1CC1. The number of nitrogens with zero attached hydrogens (tertiary/aromatic N) is 1. The van der Waals surface area contributed by atoms with Crippen molar-refractivity contribution in [1.29, 1.82) is 0 Å². The summed E-state index contributed by atoms with van der Waals surface area (Å²) in [6, 6.07) is 9.72. The van der Waals surface area contributed by atoms with Crippen LogP contribution in [-0.4, -0.2) is 28.6 Å². The van der Waals surface area contributed by atoms with E-state index in [0.717, 1.165) is 56.3 Å². The van der Waals surface area contributed by atoms with Crippen molar-refractivity contribution in [2.24, 2.45) is 5.92 Å². The number of oxazole rings is 1. The average molecular weight is 354 g/mol. The quantitative estimate of drug-likeness (QED) is 0.799. The molecular formula is C21H26N2O3. The van der Waals surface area contributed by atoms with Gasteiger partial charge in [-0.15, -0.1) is 0 Å². The van der Waals surface area contributed by atoms with Gasteiger partial charge >= 0.3 is 0 Å². The second kappa shape index (κ2) is 7.62. The van der Waals surface area contributed by atoms with Crippen LogP contribution in [0.3, 0.4) is 0 Å². The average Bonchev–Trinajstić information content (AvgIpc) is 3.46. The molecule has 1 heterocycles. The van der Waals surface area contributed by atoms with Crippen molar-refractivity contribution in [2.45, 2.75) is 56.9 Å². The molecule has 0 saturated heterocycles. The van der Waals surface area contributed by atoms with Gasteiger partial charge in [-0.1, -0.05) is 37.5 Å². The number of aromatic nitrogens is 1. The number of benzene rings is 1. The smallest absolute Gasteiger partial charge is 0.273 e. The predicted molar refractivity (Wildman–Crippen MR) is 98.8 cm³/mol. The lowest BCUT2D eigenvalue weighted by atomic mass is 9.95. The Hall–Kier alpha value is -2.14. The van der Waals surface area contributed by atoms with Crippen LogP contribution in [-0.2, 0) is 0 Å². The molecule has 0 radical (unpaired) electrons. The van der Waals surface area contributed by atoms with Crippen LogP contribution in [0.4, 0.5) is 0 Å². The predicted octanol–water partition coefficient (Wildman–Crippen LogP) is 3.89. The van der Waals surface area contributed by atoms with Gasteiger partial charge in [-0.3, -0.25) is 4.79 Å². The second-order valence-corrected chi connectivity index (χ2v) is 7.53. The summed E-state index contributed by atoms with van der Waals surface area (Å²) in [4.78, 5) is 17.5. The summed E-state index contributed by atoms with van der Waals surface area (Å²) in [5.74, 6) is 1.51. The molecule has 2 aromatic rings. The van der Waals surface area contributed by atoms with Crippen LogP contribution in [0.25, 0.3) is 11.5 Å². The highest BCUT2D eigenvalue weighted by atomic mass is 16.4. The van der Waals surface area contributed by atoms with Gasteiger partial charge in [-0.25, -0.2) is 4.98 Å². The van der Waals surface area contributed by atoms with Crippen molar-refractivity contribution in [2.75, 3.05) is 6.61 Å². The number of aliphatic hydroxyl groups is 1. The number of amides is 1. The lowest BCUT2D eigenvalue weighted by Gasteiger charge is -2.24. The minimum Gasteiger partial charge on any atom is -0.440 e. The maximum absolute atomic E-state index is 13.0. The van der Waals surface area contributed by atoms with E-state index in [9.17, 15) is 9.90 Å². The first-order chi connectivity index (χ1) is 12.8. The Balaban J connectivity index is 1.57. The van der Waals surface area contributed by atoms with Crippen LogP contribution in [0, 0.1) is 5.92 Å². The largest absolute Gasteiger partial charge is 0.440 e. The minimum atomic E-state index is -0.164. The molecule has 2 fully saturated rings. The molecule has 4 rings (SSSR count). The third-order valence-electron chi connectivity index (χ3n) is 5.55. The Kier molecular flexibility index (Phi) is 5.07. The Bertz CT molecular complexity index is 752. The highest BCUT2D eigenvalue weighted by molar-refractivity contribution is 5.94. The molecule has 0 unspecified atom stereocenters. The van der Waals surface area contributed by atoms with E-state index in [1.165, 1.54) is 0 Å². The number of carbonyl (C=O) groups excluding carboxylic acids is 1. The third kappa shape index (κ3) is 3.68. The molecule has 0 bridgehead atoms. The monoisotopic (exact) mass is 354 g/mol. The standard InChI is InChI=1S/C21H26N2O3/c24-13-16-9-5-2-6-10-17(16)22-20(25)18-19(14-11-12-14)26-21(23-18)15-7-3-1-4-8-15/h1,3-4,7-8,14,16-17,24H,2,5-6,9-13H2,(H,22,25)/t16-,17+/m1/s1. The van der Waals surface area contributed by atoms with Gasteiger partial charge in [-0.05, 0) is 37.8 Å². The minimum absolute atomic E-state index is 0.0129. The zero-order valence-corrected chi connectivity index (χ0v) is 15.0. The van der Waals surface area contributed by atoms with Gasteiger partial charge in [0.15, 0.2) is 5.69 Å². The topological polar surface area (TPSA) is 75.4 Å². The molecule has 5 nitrogen and oxygen atoms in total. The van der Waals surface area contributed by atoms with E-state index in [2.05, 4.69) is 10.3 Å². The zero-order valence-electron chi connectivity index (χ0n) is 15.0. The molecule has 2 N–H and O–H groups in total. The van der Waals surface area contributed by atoms with Gasteiger partial charge in [0.25, 0.3) is 5.91 Å². The van der Waals surface area contributed by atoms with E-state index in [4.69, 9.17) is 4.42 Å². The molecule has 1 amide bonds. The van der Waals surface area contributed by atoms with E-state index in [1.54, 1.807) is 0 Å². The van der Waals surface area contributed by atoms with Gasteiger partial charge in [0.05, 0.1) is 0 Å².